The number of fused-ring (bicyclic) bond motifs is 11. The molecule has 2 unspecified atom stereocenters. The number of benzene rings is 7. The van der Waals surface area contributed by atoms with Gasteiger partial charge in [-0.25, -0.2) is 4.99 Å². The van der Waals surface area contributed by atoms with Gasteiger partial charge in [0.15, 0.2) is 5.78 Å². The molecule has 0 amide bonds. The summed E-state index contributed by atoms with van der Waals surface area (Å²) >= 11 is 0. The van der Waals surface area contributed by atoms with Gasteiger partial charge in [-0.1, -0.05) is 115 Å². The molecule has 4 heteroatoms. The van der Waals surface area contributed by atoms with E-state index in [9.17, 15) is 4.79 Å². The van der Waals surface area contributed by atoms with Crippen molar-refractivity contribution < 1.29 is 9.21 Å². The number of Topliss-reactive ketones (excluding diaryl/α,β-unsaturated/α-hetero) is 1. The predicted molar refractivity (Wildman–Crippen MR) is 216 cm³/mol. The third kappa shape index (κ3) is 4.75. The van der Waals surface area contributed by atoms with Gasteiger partial charge in [0.05, 0.1) is 28.4 Å². The number of furan rings is 1. The van der Waals surface area contributed by atoms with Crippen LogP contribution in [0.15, 0.2) is 167 Å². The van der Waals surface area contributed by atoms with Gasteiger partial charge in [0, 0.05) is 39.2 Å². The van der Waals surface area contributed by atoms with Crippen LogP contribution in [-0.4, -0.2) is 16.1 Å². The van der Waals surface area contributed by atoms with Crippen molar-refractivity contribution in [3.05, 3.63) is 180 Å². The highest BCUT2D eigenvalue weighted by atomic mass is 16.3. The van der Waals surface area contributed by atoms with E-state index in [1.807, 2.05) is 18.2 Å². The Hall–Kier alpha value is -6.52. The first-order valence-electron chi connectivity index (χ1n) is 18.5. The van der Waals surface area contributed by atoms with E-state index in [0.717, 1.165) is 67.5 Å². The summed E-state index contributed by atoms with van der Waals surface area (Å²) in [6.07, 6.45) is 2.05. The average Bonchev–Trinajstić information content (AvgIpc) is 3.64. The number of carbonyl (C=O) groups excluding carboxylic acids is 1. The minimum absolute atomic E-state index is 0.127. The summed E-state index contributed by atoms with van der Waals surface area (Å²) in [5, 5.41) is 4.63. The Morgan fingerprint density at radius 2 is 1.40 bits per heavy atom. The highest BCUT2D eigenvalue weighted by Crippen LogP contribution is 2.45. The summed E-state index contributed by atoms with van der Waals surface area (Å²) in [5.41, 5.74) is 13.7. The van der Waals surface area contributed by atoms with Gasteiger partial charge in [-0.05, 0) is 89.0 Å². The lowest BCUT2D eigenvalue weighted by molar-refractivity contribution is -0.114. The van der Waals surface area contributed by atoms with Crippen LogP contribution in [0.2, 0.25) is 0 Å². The summed E-state index contributed by atoms with van der Waals surface area (Å²) in [6, 6.07) is 55.6. The van der Waals surface area contributed by atoms with E-state index in [2.05, 4.69) is 144 Å². The molecule has 53 heavy (non-hydrogen) atoms. The van der Waals surface area contributed by atoms with E-state index in [0.29, 0.717) is 18.6 Å². The summed E-state index contributed by atoms with van der Waals surface area (Å²) in [5.74, 6) is -0.0955. The standard InChI is InChI=1S/C49H34N2O2/c52-48-42(26-30-21-24-46-41(25-30)37-14-5-8-19-45(37)51(46)34-12-2-1-3-13-34)36-23-22-31(35-16-10-17-39-38-15-6-9-20-47(38)53-49(35)39)28-40(36)33-27-32-11-4-7-18-43(32)50-44(48)29-33/h1-25,28,33,42H,26-27,29H2. The number of nitrogens with zero attached hydrogens (tertiary/aromatic N) is 2. The molecule has 0 saturated carbocycles. The topological polar surface area (TPSA) is 47.5 Å². The Balaban J connectivity index is 1.08. The van der Waals surface area contributed by atoms with Crippen LogP contribution in [0.25, 0.3) is 60.6 Å². The lowest BCUT2D eigenvalue weighted by Crippen LogP contribution is -2.22. The van der Waals surface area contributed by atoms with Crippen LogP contribution in [0.1, 0.15) is 40.5 Å². The molecule has 0 fully saturated rings. The molecule has 3 heterocycles. The van der Waals surface area contributed by atoms with Crippen molar-refractivity contribution in [2.45, 2.75) is 31.1 Å². The first-order chi connectivity index (χ1) is 26.2. The molecular formula is C49H34N2O2. The highest BCUT2D eigenvalue weighted by Gasteiger charge is 2.37. The zero-order valence-electron chi connectivity index (χ0n) is 29.0. The lowest BCUT2D eigenvalue weighted by Gasteiger charge is -2.22. The molecule has 0 radical (unpaired) electrons. The van der Waals surface area contributed by atoms with Gasteiger partial charge < -0.3 is 8.98 Å². The number of aromatic nitrogens is 1. The first-order valence-corrected chi connectivity index (χ1v) is 18.5. The molecule has 1 aliphatic carbocycles. The van der Waals surface area contributed by atoms with Crippen molar-refractivity contribution in [3.8, 4) is 16.8 Å². The fourth-order valence-electron chi connectivity index (χ4n) is 9.10. The highest BCUT2D eigenvalue weighted by molar-refractivity contribution is 6.43. The predicted octanol–water partition coefficient (Wildman–Crippen LogP) is 12.1. The quantitative estimate of drug-likeness (QED) is 0.185. The molecule has 252 valence electrons. The molecule has 11 rings (SSSR count). The Morgan fingerprint density at radius 3 is 2.32 bits per heavy atom. The van der Waals surface area contributed by atoms with Crippen LogP contribution >= 0.6 is 0 Å². The van der Waals surface area contributed by atoms with Crippen molar-refractivity contribution >= 4 is 60.9 Å². The second-order valence-electron chi connectivity index (χ2n) is 14.6. The molecule has 1 aliphatic heterocycles. The lowest BCUT2D eigenvalue weighted by atomic mass is 9.81. The largest absolute Gasteiger partial charge is 0.455 e. The second kappa shape index (κ2) is 11.8. The Kier molecular flexibility index (Phi) is 6.69. The number of hydrogen-bond acceptors (Lipinski definition) is 3. The molecule has 7 aromatic carbocycles. The first kappa shape index (κ1) is 30.1. The fourth-order valence-corrected chi connectivity index (χ4v) is 9.10. The Labute approximate surface area is 306 Å². The van der Waals surface area contributed by atoms with E-state index >= 15 is 0 Å². The van der Waals surface area contributed by atoms with Gasteiger partial charge in [-0.15, -0.1) is 0 Å². The molecule has 2 aliphatic rings. The number of rotatable bonds is 4. The van der Waals surface area contributed by atoms with Gasteiger partial charge >= 0.3 is 0 Å². The Morgan fingerprint density at radius 1 is 0.623 bits per heavy atom. The SMILES string of the molecule is O=C1C2=Nc3ccccc3CC(C2)c2cc(-c3cccc4c3oc3ccccc34)ccc2C1Cc1ccc2c(c1)c1ccccc1n2-c1ccccc1. The minimum Gasteiger partial charge on any atom is -0.455 e. The van der Waals surface area contributed by atoms with Crippen molar-refractivity contribution in [2.24, 2.45) is 4.99 Å². The van der Waals surface area contributed by atoms with Crippen LogP contribution in [0.5, 0.6) is 0 Å². The third-order valence-electron chi connectivity index (χ3n) is 11.6. The molecule has 0 spiro atoms. The molecule has 9 aromatic rings. The summed E-state index contributed by atoms with van der Waals surface area (Å²) < 4.78 is 8.83. The summed E-state index contributed by atoms with van der Waals surface area (Å²) in [7, 11) is 0. The smallest absolute Gasteiger partial charge is 0.184 e. The summed E-state index contributed by atoms with van der Waals surface area (Å²) in [6.45, 7) is 0. The average molecular weight is 683 g/mol. The molecule has 0 saturated heterocycles. The number of ketones is 1. The van der Waals surface area contributed by atoms with E-state index < -0.39 is 0 Å². The van der Waals surface area contributed by atoms with E-state index in [1.165, 1.54) is 27.4 Å². The van der Waals surface area contributed by atoms with Crippen molar-refractivity contribution in [3.63, 3.8) is 0 Å². The van der Waals surface area contributed by atoms with E-state index in [-0.39, 0.29) is 17.6 Å². The number of para-hydroxylation sites is 5. The maximum Gasteiger partial charge on any atom is 0.184 e. The molecule has 4 nitrogen and oxygen atoms in total. The normalized spacial score (nSPS) is 16.8. The molecular weight excluding hydrogens is 649 g/mol. The van der Waals surface area contributed by atoms with Crippen LogP contribution in [0, 0.1) is 0 Å². The number of hydrogen-bond donors (Lipinski definition) is 0. The maximum atomic E-state index is 14.8. The van der Waals surface area contributed by atoms with Crippen molar-refractivity contribution in [1.82, 2.24) is 4.57 Å². The fraction of sp³-hybridized carbons (Fsp3) is 0.102. The minimum atomic E-state index is -0.352. The van der Waals surface area contributed by atoms with Crippen molar-refractivity contribution in [1.29, 1.82) is 0 Å². The van der Waals surface area contributed by atoms with Crippen molar-refractivity contribution in [2.75, 3.05) is 0 Å². The maximum absolute atomic E-state index is 14.8. The van der Waals surface area contributed by atoms with Crippen LogP contribution < -0.4 is 0 Å². The summed E-state index contributed by atoms with van der Waals surface area (Å²) in [4.78, 5) is 19.9. The third-order valence-corrected chi connectivity index (χ3v) is 11.6. The van der Waals surface area contributed by atoms with E-state index in [4.69, 9.17) is 9.41 Å². The van der Waals surface area contributed by atoms with Gasteiger partial charge in [-0.3, -0.25) is 4.79 Å². The van der Waals surface area contributed by atoms with Crippen LogP contribution in [0.4, 0.5) is 5.69 Å². The monoisotopic (exact) mass is 682 g/mol. The van der Waals surface area contributed by atoms with Gasteiger partial charge in [0.25, 0.3) is 0 Å². The van der Waals surface area contributed by atoms with Gasteiger partial charge in [0.2, 0.25) is 0 Å². The van der Waals surface area contributed by atoms with E-state index in [1.54, 1.807) is 0 Å². The zero-order valence-corrected chi connectivity index (χ0v) is 29.0. The zero-order chi connectivity index (χ0) is 35.0. The number of aliphatic imine (C=N–C) groups is 1. The molecule has 2 atom stereocenters. The Bertz CT molecular complexity index is 2960. The molecule has 0 N–H and O–H groups in total. The molecule has 2 aromatic heterocycles. The second-order valence-corrected chi connectivity index (χ2v) is 14.6. The van der Waals surface area contributed by atoms with Gasteiger partial charge in [0.1, 0.15) is 11.2 Å². The molecule has 2 bridgehead atoms. The van der Waals surface area contributed by atoms with Gasteiger partial charge in [-0.2, -0.15) is 0 Å². The number of carbonyl (C=O) groups is 1. The van der Waals surface area contributed by atoms with Crippen LogP contribution in [-0.2, 0) is 17.6 Å². The van der Waals surface area contributed by atoms with Crippen LogP contribution in [0.3, 0.4) is 0 Å².